The number of esters is 1. The lowest BCUT2D eigenvalue weighted by Crippen LogP contribution is -2.43. The number of rotatable bonds is 12. The van der Waals surface area contributed by atoms with Gasteiger partial charge in [-0.05, 0) is 25.7 Å². The molecule has 0 rings (SSSR count). The van der Waals surface area contributed by atoms with E-state index in [0.717, 1.165) is 12.8 Å². The molecule has 0 fully saturated rings. The Morgan fingerprint density at radius 2 is 1.59 bits per heavy atom. The van der Waals surface area contributed by atoms with Crippen LogP contribution in [0.5, 0.6) is 0 Å². The summed E-state index contributed by atoms with van der Waals surface area (Å²) in [5, 5.41) is 2.58. The molecule has 0 saturated heterocycles. The van der Waals surface area contributed by atoms with Gasteiger partial charge in [-0.25, -0.2) is 9.59 Å². The highest BCUT2D eigenvalue weighted by molar-refractivity contribution is 5.81. The molecule has 0 radical (unpaired) electrons. The van der Waals surface area contributed by atoms with E-state index in [1.165, 1.54) is 25.7 Å². The van der Waals surface area contributed by atoms with Crippen molar-refractivity contribution in [1.82, 2.24) is 5.32 Å². The van der Waals surface area contributed by atoms with E-state index in [4.69, 9.17) is 9.47 Å². The third-order valence-corrected chi connectivity index (χ3v) is 3.30. The van der Waals surface area contributed by atoms with Crippen molar-refractivity contribution in [2.45, 2.75) is 78.7 Å². The summed E-state index contributed by atoms with van der Waals surface area (Å²) in [5.41, 5.74) is 0. The second-order valence-corrected chi connectivity index (χ2v) is 5.98. The summed E-state index contributed by atoms with van der Waals surface area (Å²) in [4.78, 5) is 23.5. The molecule has 0 aromatic heterocycles. The highest BCUT2D eigenvalue weighted by Gasteiger charge is 2.23. The van der Waals surface area contributed by atoms with E-state index in [0.29, 0.717) is 13.0 Å². The number of hydrogen-bond donors (Lipinski definition) is 1. The quantitative estimate of drug-likeness (QED) is 0.436. The van der Waals surface area contributed by atoms with Gasteiger partial charge in [0.2, 0.25) is 0 Å². The fourth-order valence-electron chi connectivity index (χ4n) is 2.16. The van der Waals surface area contributed by atoms with Crippen LogP contribution >= 0.6 is 0 Å². The van der Waals surface area contributed by atoms with Crippen LogP contribution in [0, 0.1) is 5.92 Å². The molecule has 1 amide bonds. The molecule has 130 valence electrons. The molecule has 1 N–H and O–H groups in total. The Morgan fingerprint density at radius 3 is 2.18 bits per heavy atom. The van der Waals surface area contributed by atoms with Gasteiger partial charge in [0.1, 0.15) is 6.04 Å². The Morgan fingerprint density at radius 1 is 0.955 bits per heavy atom. The van der Waals surface area contributed by atoms with Crippen LogP contribution in [-0.2, 0) is 14.3 Å². The number of alkyl carbamates (subject to hydrolysis) is 1. The number of nitrogens with one attached hydrogen (secondary N) is 1. The SMILES string of the molecule is CCCCCCCCOC(=O)[C@H](CC(C)C)NC(=O)OCC. The summed E-state index contributed by atoms with van der Waals surface area (Å²) in [6.45, 7) is 8.62. The maximum absolute atomic E-state index is 12.1. The maximum atomic E-state index is 12.1. The molecule has 0 saturated carbocycles. The van der Waals surface area contributed by atoms with Gasteiger partial charge in [0.15, 0.2) is 0 Å². The van der Waals surface area contributed by atoms with Crippen molar-refractivity contribution in [3.8, 4) is 0 Å². The van der Waals surface area contributed by atoms with Gasteiger partial charge in [-0.1, -0.05) is 52.9 Å². The van der Waals surface area contributed by atoms with E-state index in [-0.39, 0.29) is 18.5 Å². The predicted octanol–water partition coefficient (Wildman–Crippen LogP) is 4.05. The second-order valence-electron chi connectivity index (χ2n) is 5.98. The summed E-state index contributed by atoms with van der Waals surface area (Å²) in [7, 11) is 0. The van der Waals surface area contributed by atoms with Gasteiger partial charge in [-0.15, -0.1) is 0 Å². The summed E-state index contributed by atoms with van der Waals surface area (Å²) < 4.78 is 10.1. The van der Waals surface area contributed by atoms with Crippen LogP contribution in [0.2, 0.25) is 0 Å². The van der Waals surface area contributed by atoms with E-state index < -0.39 is 12.1 Å². The molecule has 0 aromatic carbocycles. The fraction of sp³-hybridized carbons (Fsp3) is 0.882. The zero-order valence-corrected chi connectivity index (χ0v) is 14.7. The Kier molecular flexibility index (Phi) is 12.6. The van der Waals surface area contributed by atoms with E-state index in [9.17, 15) is 9.59 Å². The topological polar surface area (TPSA) is 64.6 Å². The van der Waals surface area contributed by atoms with Crippen molar-refractivity contribution < 1.29 is 19.1 Å². The van der Waals surface area contributed by atoms with Gasteiger partial charge in [0, 0.05) is 0 Å². The average molecular weight is 315 g/mol. The minimum atomic E-state index is -0.626. The van der Waals surface area contributed by atoms with E-state index in [1.54, 1.807) is 6.92 Å². The van der Waals surface area contributed by atoms with Gasteiger partial charge in [0.05, 0.1) is 13.2 Å². The van der Waals surface area contributed by atoms with Crippen LogP contribution in [0.4, 0.5) is 4.79 Å². The number of unbranched alkanes of at least 4 members (excludes halogenated alkanes) is 5. The lowest BCUT2D eigenvalue weighted by molar-refractivity contribution is -0.146. The first-order valence-corrected chi connectivity index (χ1v) is 8.61. The first-order chi connectivity index (χ1) is 10.5. The monoisotopic (exact) mass is 315 g/mol. The van der Waals surface area contributed by atoms with Gasteiger partial charge in [0.25, 0.3) is 0 Å². The number of carbonyl (C=O) groups is 2. The van der Waals surface area contributed by atoms with Crippen LogP contribution < -0.4 is 5.32 Å². The van der Waals surface area contributed by atoms with Crippen LogP contribution in [0.3, 0.4) is 0 Å². The van der Waals surface area contributed by atoms with Gasteiger partial charge < -0.3 is 14.8 Å². The number of amides is 1. The largest absolute Gasteiger partial charge is 0.464 e. The smallest absolute Gasteiger partial charge is 0.407 e. The van der Waals surface area contributed by atoms with Crippen molar-refractivity contribution in [1.29, 1.82) is 0 Å². The highest BCUT2D eigenvalue weighted by Crippen LogP contribution is 2.09. The minimum Gasteiger partial charge on any atom is -0.464 e. The maximum Gasteiger partial charge on any atom is 0.407 e. The van der Waals surface area contributed by atoms with E-state index in [1.807, 2.05) is 13.8 Å². The van der Waals surface area contributed by atoms with Crippen molar-refractivity contribution in [3.63, 3.8) is 0 Å². The molecule has 0 heterocycles. The molecule has 5 heteroatoms. The molecule has 0 aliphatic rings. The van der Waals surface area contributed by atoms with Crippen molar-refractivity contribution in [2.75, 3.05) is 13.2 Å². The predicted molar refractivity (Wildman–Crippen MR) is 87.7 cm³/mol. The number of ether oxygens (including phenoxy) is 2. The first-order valence-electron chi connectivity index (χ1n) is 8.61. The summed E-state index contributed by atoms with van der Waals surface area (Å²) in [6.07, 6.45) is 6.85. The van der Waals surface area contributed by atoms with Crippen LogP contribution in [-0.4, -0.2) is 31.3 Å². The van der Waals surface area contributed by atoms with Gasteiger partial charge in [-0.3, -0.25) is 0 Å². The van der Waals surface area contributed by atoms with Gasteiger partial charge >= 0.3 is 12.1 Å². The third kappa shape index (κ3) is 11.4. The molecular weight excluding hydrogens is 282 g/mol. The number of carbonyl (C=O) groups excluding carboxylic acids is 2. The lowest BCUT2D eigenvalue weighted by atomic mass is 10.0. The van der Waals surface area contributed by atoms with Crippen LogP contribution in [0.25, 0.3) is 0 Å². The van der Waals surface area contributed by atoms with Gasteiger partial charge in [-0.2, -0.15) is 0 Å². The normalized spacial score (nSPS) is 12.0. The third-order valence-electron chi connectivity index (χ3n) is 3.30. The van der Waals surface area contributed by atoms with Crippen molar-refractivity contribution in [3.05, 3.63) is 0 Å². The summed E-state index contributed by atoms with van der Waals surface area (Å²) in [5.74, 6) is -0.0798. The minimum absolute atomic E-state index is 0.285. The Labute approximate surface area is 135 Å². The molecule has 0 aromatic rings. The molecule has 0 unspecified atom stereocenters. The van der Waals surface area contributed by atoms with Crippen LogP contribution in [0.15, 0.2) is 0 Å². The Balaban J connectivity index is 4.03. The summed E-state index contributed by atoms with van der Waals surface area (Å²) >= 11 is 0. The van der Waals surface area contributed by atoms with E-state index in [2.05, 4.69) is 12.2 Å². The zero-order valence-electron chi connectivity index (χ0n) is 14.7. The standard InChI is InChI=1S/C17H33NO4/c1-5-7-8-9-10-11-12-22-16(19)15(13-14(3)4)18-17(20)21-6-2/h14-15H,5-13H2,1-4H3,(H,18,20)/t15-/m0/s1. The zero-order chi connectivity index (χ0) is 16.8. The van der Waals surface area contributed by atoms with E-state index >= 15 is 0 Å². The average Bonchev–Trinajstić information content (AvgIpc) is 2.45. The molecule has 0 aliphatic heterocycles. The van der Waals surface area contributed by atoms with Crippen molar-refractivity contribution in [2.24, 2.45) is 5.92 Å². The fourth-order valence-corrected chi connectivity index (χ4v) is 2.16. The van der Waals surface area contributed by atoms with Crippen molar-refractivity contribution >= 4 is 12.1 Å². The first kappa shape index (κ1) is 20.7. The Hall–Kier alpha value is -1.26. The molecular formula is C17H33NO4. The van der Waals surface area contributed by atoms with Crippen LogP contribution in [0.1, 0.15) is 72.6 Å². The molecule has 0 spiro atoms. The molecule has 5 nitrogen and oxygen atoms in total. The number of hydrogen-bond acceptors (Lipinski definition) is 4. The molecule has 22 heavy (non-hydrogen) atoms. The molecule has 0 aliphatic carbocycles. The lowest BCUT2D eigenvalue weighted by Gasteiger charge is -2.19. The second kappa shape index (κ2) is 13.4. The molecule has 1 atom stereocenters. The summed E-state index contributed by atoms with van der Waals surface area (Å²) in [6, 6.07) is -0.626. The molecule has 0 bridgehead atoms. The Bertz CT molecular complexity index is 305. The highest BCUT2D eigenvalue weighted by atomic mass is 16.6.